The lowest BCUT2D eigenvalue weighted by molar-refractivity contribution is -0.144. The lowest BCUT2D eigenvalue weighted by Gasteiger charge is -2.33. The third-order valence-electron chi connectivity index (χ3n) is 4.14. The highest BCUT2D eigenvalue weighted by molar-refractivity contribution is 7.99. The maximum Gasteiger partial charge on any atom is 0.329 e. The minimum atomic E-state index is -1.21. The summed E-state index contributed by atoms with van der Waals surface area (Å²) in [6, 6.07) is 6.23. The average molecular weight is 380 g/mol. The van der Waals surface area contributed by atoms with Gasteiger partial charge in [-0.25, -0.2) is 14.2 Å². The van der Waals surface area contributed by atoms with E-state index < -0.39 is 17.4 Å². The van der Waals surface area contributed by atoms with Gasteiger partial charge in [-0.05, 0) is 42.0 Å². The molecule has 2 N–H and O–H groups in total. The van der Waals surface area contributed by atoms with E-state index in [1.807, 2.05) is 0 Å². The molecule has 25 heavy (non-hydrogen) atoms. The van der Waals surface area contributed by atoms with Gasteiger partial charge in [0, 0.05) is 11.8 Å². The fourth-order valence-corrected chi connectivity index (χ4v) is 4.71. The zero-order valence-electron chi connectivity index (χ0n) is 13.3. The van der Waals surface area contributed by atoms with Crippen molar-refractivity contribution in [3.8, 4) is 0 Å². The van der Waals surface area contributed by atoms with Crippen molar-refractivity contribution in [3.63, 3.8) is 0 Å². The lowest BCUT2D eigenvalue weighted by Crippen LogP contribution is -2.56. The molecule has 3 rings (SSSR count). The van der Waals surface area contributed by atoms with Crippen LogP contribution in [0, 0.1) is 5.82 Å². The number of hydrogen-bond acceptors (Lipinski definition) is 5. The van der Waals surface area contributed by atoms with Crippen LogP contribution in [0.2, 0.25) is 0 Å². The minimum absolute atomic E-state index is 0.204. The van der Waals surface area contributed by atoms with Crippen LogP contribution in [0.3, 0.4) is 0 Å². The number of thiazole rings is 1. The molecule has 1 aromatic heterocycles. The van der Waals surface area contributed by atoms with Gasteiger partial charge in [0.05, 0.1) is 5.01 Å². The van der Waals surface area contributed by atoms with Crippen LogP contribution < -0.4 is 5.32 Å². The number of nitrogens with zero attached hydrogens (tertiary/aromatic N) is 1. The quantitative estimate of drug-likeness (QED) is 0.834. The van der Waals surface area contributed by atoms with E-state index in [4.69, 9.17) is 0 Å². The molecule has 5 nitrogen and oxygen atoms in total. The highest BCUT2D eigenvalue weighted by atomic mass is 32.2. The van der Waals surface area contributed by atoms with Crippen LogP contribution in [-0.2, 0) is 11.2 Å². The van der Waals surface area contributed by atoms with Crippen molar-refractivity contribution < 1.29 is 19.1 Å². The second kappa shape index (κ2) is 7.53. The van der Waals surface area contributed by atoms with E-state index in [9.17, 15) is 19.1 Å². The zero-order chi connectivity index (χ0) is 17.9. The number of thioether (sulfide) groups is 1. The number of halogens is 1. The normalized spacial score (nSPS) is 16.4. The van der Waals surface area contributed by atoms with Crippen LogP contribution in [0.1, 0.15) is 33.9 Å². The largest absolute Gasteiger partial charge is 0.480 e. The summed E-state index contributed by atoms with van der Waals surface area (Å²) in [4.78, 5) is 28.4. The third kappa shape index (κ3) is 4.19. The molecule has 0 spiro atoms. The Morgan fingerprint density at radius 3 is 2.76 bits per heavy atom. The Bertz CT molecular complexity index is 788. The standard InChI is InChI=1S/C17H17FN2O3S2/c18-12-3-1-2-11(8-12)9-14-19-13(10-25-14)15(21)20-17(16(22)23)4-6-24-7-5-17/h1-3,8,10H,4-7,9H2,(H,20,21)(H,22,23). The summed E-state index contributed by atoms with van der Waals surface area (Å²) in [5.74, 6) is -0.388. The van der Waals surface area contributed by atoms with Crippen LogP contribution in [0.5, 0.6) is 0 Å². The molecule has 2 aromatic rings. The van der Waals surface area contributed by atoms with Gasteiger partial charge in [0.1, 0.15) is 17.1 Å². The number of aromatic nitrogens is 1. The number of carboxylic acids is 1. The van der Waals surface area contributed by atoms with E-state index in [-0.39, 0.29) is 11.5 Å². The van der Waals surface area contributed by atoms with Crippen LogP contribution >= 0.6 is 23.1 Å². The van der Waals surface area contributed by atoms with Crippen molar-refractivity contribution in [3.05, 3.63) is 51.7 Å². The number of rotatable bonds is 5. The number of amides is 1. The first-order valence-electron chi connectivity index (χ1n) is 7.81. The van der Waals surface area contributed by atoms with Crippen LogP contribution in [0.15, 0.2) is 29.6 Å². The summed E-state index contributed by atoms with van der Waals surface area (Å²) in [7, 11) is 0. The number of nitrogens with one attached hydrogen (secondary N) is 1. The maximum atomic E-state index is 13.2. The zero-order valence-corrected chi connectivity index (χ0v) is 15.0. The Labute approximate surface area is 152 Å². The summed E-state index contributed by atoms with van der Waals surface area (Å²) in [5, 5.41) is 14.5. The molecule has 8 heteroatoms. The van der Waals surface area contributed by atoms with Gasteiger partial charge < -0.3 is 10.4 Å². The molecule has 0 radical (unpaired) electrons. The minimum Gasteiger partial charge on any atom is -0.480 e. The van der Waals surface area contributed by atoms with Crippen molar-refractivity contribution in [2.24, 2.45) is 0 Å². The molecule has 1 aliphatic rings. The van der Waals surface area contributed by atoms with Gasteiger partial charge in [0.15, 0.2) is 0 Å². The van der Waals surface area contributed by atoms with Crippen molar-refractivity contribution in [2.45, 2.75) is 24.8 Å². The summed E-state index contributed by atoms with van der Waals surface area (Å²) in [6.45, 7) is 0. The topological polar surface area (TPSA) is 79.3 Å². The molecular formula is C17H17FN2O3S2. The van der Waals surface area contributed by atoms with E-state index in [0.29, 0.717) is 35.8 Å². The van der Waals surface area contributed by atoms with Crippen molar-refractivity contribution >= 4 is 35.0 Å². The summed E-state index contributed by atoms with van der Waals surface area (Å²) >= 11 is 2.99. The van der Waals surface area contributed by atoms with E-state index in [2.05, 4.69) is 10.3 Å². The van der Waals surface area contributed by atoms with Crippen molar-refractivity contribution in [2.75, 3.05) is 11.5 Å². The Balaban J connectivity index is 1.70. The molecule has 0 atom stereocenters. The molecule has 0 saturated carbocycles. The van der Waals surface area contributed by atoms with Gasteiger partial charge in [-0.3, -0.25) is 4.79 Å². The average Bonchev–Trinajstić information content (AvgIpc) is 3.04. The number of benzene rings is 1. The fourth-order valence-electron chi connectivity index (χ4n) is 2.71. The number of carbonyl (C=O) groups is 2. The summed E-state index contributed by atoms with van der Waals surface area (Å²) in [5.41, 5.74) is -0.239. The second-order valence-corrected chi connectivity index (χ2v) is 8.05. The van der Waals surface area contributed by atoms with Crippen LogP contribution in [0.25, 0.3) is 0 Å². The van der Waals surface area contributed by atoms with E-state index >= 15 is 0 Å². The molecule has 1 aromatic carbocycles. The molecule has 0 aliphatic carbocycles. The van der Waals surface area contributed by atoms with Gasteiger partial charge in [0.2, 0.25) is 0 Å². The number of carboxylic acid groups (broad SMARTS) is 1. The predicted molar refractivity (Wildman–Crippen MR) is 95.7 cm³/mol. The van der Waals surface area contributed by atoms with Gasteiger partial charge in [-0.15, -0.1) is 11.3 Å². The Morgan fingerprint density at radius 2 is 2.08 bits per heavy atom. The second-order valence-electron chi connectivity index (χ2n) is 5.89. The molecule has 1 saturated heterocycles. The fraction of sp³-hybridized carbons (Fsp3) is 0.353. The SMILES string of the molecule is O=C(NC1(C(=O)O)CCSCC1)c1csc(Cc2cccc(F)c2)n1. The molecule has 1 amide bonds. The molecule has 132 valence electrons. The third-order valence-corrected chi connectivity index (χ3v) is 5.97. The van der Waals surface area contributed by atoms with Crippen molar-refractivity contribution in [1.29, 1.82) is 0 Å². The van der Waals surface area contributed by atoms with E-state index in [1.54, 1.807) is 29.3 Å². The Kier molecular flexibility index (Phi) is 5.39. The lowest BCUT2D eigenvalue weighted by atomic mass is 9.92. The van der Waals surface area contributed by atoms with Gasteiger partial charge >= 0.3 is 5.97 Å². The van der Waals surface area contributed by atoms with Crippen LogP contribution in [-0.4, -0.2) is 39.0 Å². The smallest absolute Gasteiger partial charge is 0.329 e. The summed E-state index contributed by atoms with van der Waals surface area (Å²) in [6.07, 6.45) is 1.23. The molecule has 1 aliphatic heterocycles. The maximum absolute atomic E-state index is 13.2. The first-order chi connectivity index (χ1) is 12.0. The molecule has 0 bridgehead atoms. The molecular weight excluding hydrogens is 363 g/mol. The molecule has 2 heterocycles. The molecule has 0 unspecified atom stereocenters. The summed E-state index contributed by atoms with van der Waals surface area (Å²) < 4.78 is 13.2. The van der Waals surface area contributed by atoms with Crippen LogP contribution in [0.4, 0.5) is 4.39 Å². The van der Waals surface area contributed by atoms with Gasteiger partial charge in [0.25, 0.3) is 5.91 Å². The highest BCUT2D eigenvalue weighted by Crippen LogP contribution is 2.28. The van der Waals surface area contributed by atoms with E-state index in [1.165, 1.54) is 23.5 Å². The predicted octanol–water partition coefficient (Wildman–Crippen LogP) is 2.95. The first kappa shape index (κ1) is 17.9. The number of aliphatic carboxylic acids is 1. The Morgan fingerprint density at radius 1 is 1.32 bits per heavy atom. The molecule has 1 fully saturated rings. The number of carbonyl (C=O) groups excluding carboxylic acids is 1. The van der Waals surface area contributed by atoms with Gasteiger partial charge in [-0.2, -0.15) is 11.8 Å². The first-order valence-corrected chi connectivity index (χ1v) is 9.84. The van der Waals surface area contributed by atoms with E-state index in [0.717, 1.165) is 5.56 Å². The van der Waals surface area contributed by atoms with Crippen molar-refractivity contribution in [1.82, 2.24) is 10.3 Å². The number of hydrogen-bond donors (Lipinski definition) is 2. The monoisotopic (exact) mass is 380 g/mol. The van der Waals surface area contributed by atoms with Gasteiger partial charge in [-0.1, -0.05) is 12.1 Å². The Hall–Kier alpha value is -1.93. The highest BCUT2D eigenvalue weighted by Gasteiger charge is 2.41.